The Morgan fingerprint density at radius 3 is 2.47 bits per heavy atom. The molecule has 3 N–H and O–H groups in total. The standard InChI is InChI=1S/C11H21NO3/c1-9(2)6-11(13,8-15-9)10(12)4-3-5-14-7-10/h13H,3-8,12H2,1-2H3. The summed E-state index contributed by atoms with van der Waals surface area (Å²) in [5.41, 5.74) is 4.41. The summed E-state index contributed by atoms with van der Waals surface area (Å²) in [6.45, 7) is 5.47. The van der Waals surface area contributed by atoms with E-state index in [0.29, 0.717) is 19.6 Å². The molecule has 2 heterocycles. The van der Waals surface area contributed by atoms with Gasteiger partial charge in [0.15, 0.2) is 0 Å². The summed E-state index contributed by atoms with van der Waals surface area (Å²) in [7, 11) is 0. The highest BCUT2D eigenvalue weighted by atomic mass is 16.5. The second-order valence-corrected chi connectivity index (χ2v) is 5.57. The van der Waals surface area contributed by atoms with E-state index in [4.69, 9.17) is 15.2 Å². The molecule has 2 aliphatic rings. The third kappa shape index (κ3) is 1.91. The molecule has 0 aromatic carbocycles. The molecule has 4 heteroatoms. The van der Waals surface area contributed by atoms with Gasteiger partial charge in [0, 0.05) is 13.0 Å². The average Bonchev–Trinajstić information content (AvgIpc) is 2.44. The molecule has 2 saturated heterocycles. The lowest BCUT2D eigenvalue weighted by Gasteiger charge is -2.44. The Balaban J connectivity index is 2.15. The molecule has 2 aliphatic heterocycles. The van der Waals surface area contributed by atoms with Gasteiger partial charge in [-0.25, -0.2) is 0 Å². The molecule has 88 valence electrons. The van der Waals surface area contributed by atoms with E-state index in [-0.39, 0.29) is 5.60 Å². The zero-order chi connectivity index (χ0) is 11.2. The van der Waals surface area contributed by atoms with Crippen molar-refractivity contribution in [2.75, 3.05) is 19.8 Å². The lowest BCUT2D eigenvalue weighted by Crippen LogP contribution is -2.65. The molecule has 0 spiro atoms. The first-order valence-electron chi connectivity index (χ1n) is 5.60. The Kier molecular flexibility index (Phi) is 2.58. The second-order valence-electron chi connectivity index (χ2n) is 5.57. The third-order valence-electron chi connectivity index (χ3n) is 3.62. The topological polar surface area (TPSA) is 64.7 Å². The predicted molar refractivity (Wildman–Crippen MR) is 56.6 cm³/mol. The summed E-state index contributed by atoms with van der Waals surface area (Å²) in [5.74, 6) is 0. The maximum atomic E-state index is 10.6. The number of nitrogens with two attached hydrogens (primary N) is 1. The largest absolute Gasteiger partial charge is 0.385 e. The molecule has 0 aromatic heterocycles. The molecule has 0 bridgehead atoms. The fourth-order valence-electron chi connectivity index (χ4n) is 2.62. The lowest BCUT2D eigenvalue weighted by atomic mass is 9.74. The van der Waals surface area contributed by atoms with Gasteiger partial charge in [-0.05, 0) is 26.7 Å². The minimum atomic E-state index is -0.934. The Morgan fingerprint density at radius 1 is 1.27 bits per heavy atom. The van der Waals surface area contributed by atoms with Gasteiger partial charge in [-0.2, -0.15) is 0 Å². The van der Waals surface area contributed by atoms with E-state index < -0.39 is 11.1 Å². The normalized spacial score (nSPS) is 45.6. The summed E-state index contributed by atoms with van der Waals surface area (Å²) in [4.78, 5) is 0. The highest BCUT2D eigenvalue weighted by Gasteiger charge is 2.55. The zero-order valence-corrected chi connectivity index (χ0v) is 9.58. The minimum Gasteiger partial charge on any atom is -0.385 e. The van der Waals surface area contributed by atoms with Crippen LogP contribution in [0, 0.1) is 0 Å². The van der Waals surface area contributed by atoms with Crippen LogP contribution in [0.1, 0.15) is 33.1 Å². The van der Waals surface area contributed by atoms with E-state index in [1.54, 1.807) is 0 Å². The smallest absolute Gasteiger partial charge is 0.111 e. The van der Waals surface area contributed by atoms with Gasteiger partial charge < -0.3 is 20.3 Å². The summed E-state index contributed by atoms with van der Waals surface area (Å²) in [6, 6.07) is 0. The van der Waals surface area contributed by atoms with E-state index in [1.807, 2.05) is 13.8 Å². The van der Waals surface area contributed by atoms with Crippen molar-refractivity contribution in [3.63, 3.8) is 0 Å². The SMILES string of the molecule is CC1(C)CC(O)(C2(N)CCCOC2)CO1. The van der Waals surface area contributed by atoms with Crippen molar-refractivity contribution in [1.82, 2.24) is 0 Å². The van der Waals surface area contributed by atoms with Gasteiger partial charge in [0.25, 0.3) is 0 Å². The van der Waals surface area contributed by atoms with Crippen LogP contribution in [0.5, 0.6) is 0 Å². The first-order chi connectivity index (χ1) is 6.87. The molecule has 2 atom stereocenters. The number of hydrogen-bond donors (Lipinski definition) is 2. The van der Waals surface area contributed by atoms with Gasteiger partial charge in [0.05, 0.1) is 24.4 Å². The molecule has 0 saturated carbocycles. The van der Waals surface area contributed by atoms with Crippen LogP contribution < -0.4 is 5.73 Å². The quantitative estimate of drug-likeness (QED) is 0.665. The van der Waals surface area contributed by atoms with Gasteiger partial charge >= 0.3 is 0 Å². The third-order valence-corrected chi connectivity index (χ3v) is 3.62. The highest BCUT2D eigenvalue weighted by molar-refractivity contribution is 5.10. The number of ether oxygens (including phenoxy) is 2. The fraction of sp³-hybridized carbons (Fsp3) is 1.00. The molecule has 0 aliphatic carbocycles. The summed E-state index contributed by atoms with van der Waals surface area (Å²) >= 11 is 0. The molecule has 15 heavy (non-hydrogen) atoms. The van der Waals surface area contributed by atoms with Crippen molar-refractivity contribution in [3.8, 4) is 0 Å². The Hall–Kier alpha value is -0.160. The van der Waals surface area contributed by atoms with Crippen LogP contribution in [-0.4, -0.2) is 41.7 Å². The van der Waals surface area contributed by atoms with Gasteiger partial charge in [0.1, 0.15) is 5.60 Å². The molecular weight excluding hydrogens is 194 g/mol. The first kappa shape index (κ1) is 11.3. The summed E-state index contributed by atoms with van der Waals surface area (Å²) < 4.78 is 11.0. The van der Waals surface area contributed by atoms with Gasteiger partial charge in [-0.1, -0.05) is 0 Å². The van der Waals surface area contributed by atoms with Crippen molar-refractivity contribution in [2.24, 2.45) is 5.73 Å². The van der Waals surface area contributed by atoms with Crippen LogP contribution in [0.3, 0.4) is 0 Å². The van der Waals surface area contributed by atoms with Gasteiger partial charge in [-0.15, -0.1) is 0 Å². The van der Waals surface area contributed by atoms with Crippen LogP contribution in [-0.2, 0) is 9.47 Å². The minimum absolute atomic E-state index is 0.279. The van der Waals surface area contributed by atoms with E-state index >= 15 is 0 Å². The Bertz CT molecular complexity index is 248. The number of hydrogen-bond acceptors (Lipinski definition) is 4. The lowest BCUT2D eigenvalue weighted by molar-refractivity contribution is -0.0975. The molecule has 4 nitrogen and oxygen atoms in total. The molecule has 2 unspecified atom stereocenters. The Morgan fingerprint density at radius 2 is 2.00 bits per heavy atom. The maximum Gasteiger partial charge on any atom is 0.111 e. The second kappa shape index (κ2) is 3.42. The predicted octanol–water partition coefficient (Wildman–Crippen LogP) is 0.424. The fourth-order valence-corrected chi connectivity index (χ4v) is 2.62. The molecule has 2 fully saturated rings. The van der Waals surface area contributed by atoms with Crippen LogP contribution >= 0.6 is 0 Å². The average molecular weight is 215 g/mol. The van der Waals surface area contributed by atoms with Crippen molar-refractivity contribution < 1.29 is 14.6 Å². The van der Waals surface area contributed by atoms with E-state index in [0.717, 1.165) is 19.4 Å². The highest BCUT2D eigenvalue weighted by Crippen LogP contribution is 2.41. The molecule has 0 amide bonds. The molecular formula is C11H21NO3. The number of aliphatic hydroxyl groups is 1. The van der Waals surface area contributed by atoms with Crippen molar-refractivity contribution in [3.05, 3.63) is 0 Å². The first-order valence-corrected chi connectivity index (χ1v) is 5.60. The van der Waals surface area contributed by atoms with E-state index in [9.17, 15) is 5.11 Å². The molecule has 2 rings (SSSR count). The van der Waals surface area contributed by atoms with Gasteiger partial charge in [-0.3, -0.25) is 0 Å². The van der Waals surface area contributed by atoms with Crippen LogP contribution in [0.2, 0.25) is 0 Å². The Labute approximate surface area is 90.7 Å². The number of rotatable bonds is 1. The monoisotopic (exact) mass is 215 g/mol. The van der Waals surface area contributed by atoms with Gasteiger partial charge in [0.2, 0.25) is 0 Å². The van der Waals surface area contributed by atoms with Crippen molar-refractivity contribution in [2.45, 2.75) is 49.9 Å². The summed E-state index contributed by atoms with van der Waals surface area (Å²) in [5, 5.41) is 10.6. The van der Waals surface area contributed by atoms with Crippen molar-refractivity contribution >= 4 is 0 Å². The summed E-state index contributed by atoms with van der Waals surface area (Å²) in [6.07, 6.45) is 2.31. The van der Waals surface area contributed by atoms with Crippen LogP contribution in [0.4, 0.5) is 0 Å². The zero-order valence-electron chi connectivity index (χ0n) is 9.58. The molecule has 0 aromatic rings. The van der Waals surface area contributed by atoms with Crippen LogP contribution in [0.25, 0.3) is 0 Å². The molecule has 0 radical (unpaired) electrons. The van der Waals surface area contributed by atoms with E-state index in [2.05, 4.69) is 0 Å². The maximum absolute atomic E-state index is 10.6. The van der Waals surface area contributed by atoms with Crippen LogP contribution in [0.15, 0.2) is 0 Å². The van der Waals surface area contributed by atoms with Crippen molar-refractivity contribution in [1.29, 1.82) is 0 Å². The van der Waals surface area contributed by atoms with E-state index in [1.165, 1.54) is 0 Å².